The van der Waals surface area contributed by atoms with Crippen molar-refractivity contribution in [2.45, 2.75) is 17.9 Å². The largest absolute Gasteiger partial charge is 0.281 e. The Morgan fingerprint density at radius 2 is 2.00 bits per heavy atom. The number of fused-ring (bicyclic) bond motifs is 1. The van der Waals surface area contributed by atoms with E-state index in [2.05, 4.69) is 10.2 Å². The summed E-state index contributed by atoms with van der Waals surface area (Å²) in [5.41, 5.74) is 1.95. The van der Waals surface area contributed by atoms with E-state index in [1.54, 1.807) is 18.3 Å². The molecule has 0 amide bonds. The highest BCUT2D eigenvalue weighted by molar-refractivity contribution is 7.89. The first-order chi connectivity index (χ1) is 9.07. The highest BCUT2D eigenvalue weighted by Crippen LogP contribution is 2.24. The van der Waals surface area contributed by atoms with Crippen LogP contribution in [0.3, 0.4) is 0 Å². The molecule has 1 aromatic heterocycles. The number of nitrogens with zero attached hydrogens (tertiary/aromatic N) is 2. The van der Waals surface area contributed by atoms with Gasteiger partial charge in [-0.2, -0.15) is 9.40 Å². The fourth-order valence-corrected chi connectivity index (χ4v) is 3.69. The third-order valence-corrected chi connectivity index (χ3v) is 5.34. The van der Waals surface area contributed by atoms with E-state index in [1.807, 2.05) is 0 Å². The Hall–Kier alpha value is -1.37. The first kappa shape index (κ1) is 12.7. The van der Waals surface area contributed by atoms with E-state index in [4.69, 9.17) is 11.6 Å². The number of aromatic amines is 1. The summed E-state index contributed by atoms with van der Waals surface area (Å²) in [5.74, 6) is 0. The zero-order chi connectivity index (χ0) is 13.5. The SMILES string of the molecule is O=S(=O)(c1ccc(Cl)cc1)N1CCc2cn[nH]c2C1. The standard InChI is InChI=1S/C12H12ClN3O2S/c13-10-1-3-11(4-2-10)19(17,18)16-6-5-9-7-14-15-12(9)8-16/h1-4,7H,5-6,8H2,(H,14,15). The molecule has 0 saturated carbocycles. The Morgan fingerprint density at radius 1 is 1.26 bits per heavy atom. The van der Waals surface area contributed by atoms with Crippen LogP contribution in [0.4, 0.5) is 0 Å². The van der Waals surface area contributed by atoms with Crippen LogP contribution in [0, 0.1) is 0 Å². The highest BCUT2D eigenvalue weighted by Gasteiger charge is 2.28. The molecule has 0 atom stereocenters. The molecule has 100 valence electrons. The fraction of sp³-hybridized carbons (Fsp3) is 0.250. The summed E-state index contributed by atoms with van der Waals surface area (Å²) >= 11 is 5.78. The zero-order valence-electron chi connectivity index (χ0n) is 10.0. The van der Waals surface area contributed by atoms with Gasteiger partial charge < -0.3 is 0 Å². The van der Waals surface area contributed by atoms with E-state index in [-0.39, 0.29) is 4.90 Å². The third kappa shape index (κ3) is 2.27. The van der Waals surface area contributed by atoms with E-state index >= 15 is 0 Å². The van der Waals surface area contributed by atoms with Gasteiger partial charge in [0.1, 0.15) is 0 Å². The summed E-state index contributed by atoms with van der Waals surface area (Å²) in [6.45, 7) is 0.803. The summed E-state index contributed by atoms with van der Waals surface area (Å²) in [7, 11) is -3.47. The average Bonchev–Trinajstić information content (AvgIpc) is 2.86. The number of sulfonamides is 1. The molecule has 0 unspecified atom stereocenters. The molecular formula is C12H12ClN3O2S. The molecule has 5 nitrogen and oxygen atoms in total. The highest BCUT2D eigenvalue weighted by atomic mass is 35.5. The van der Waals surface area contributed by atoms with Gasteiger partial charge in [-0.05, 0) is 36.2 Å². The minimum atomic E-state index is -3.47. The summed E-state index contributed by atoms with van der Waals surface area (Å²) in [6, 6.07) is 6.22. The van der Waals surface area contributed by atoms with Crippen molar-refractivity contribution in [1.29, 1.82) is 0 Å². The molecule has 0 spiro atoms. The first-order valence-corrected chi connectivity index (χ1v) is 7.66. The lowest BCUT2D eigenvalue weighted by Gasteiger charge is -2.25. The Morgan fingerprint density at radius 3 is 2.74 bits per heavy atom. The Labute approximate surface area is 116 Å². The topological polar surface area (TPSA) is 66.1 Å². The minimum absolute atomic E-state index is 0.264. The maximum atomic E-state index is 12.5. The van der Waals surface area contributed by atoms with Crippen LogP contribution in [0.5, 0.6) is 0 Å². The molecule has 0 saturated heterocycles. The molecule has 0 aliphatic carbocycles. The van der Waals surface area contributed by atoms with Gasteiger partial charge in [-0.25, -0.2) is 8.42 Å². The number of hydrogen-bond acceptors (Lipinski definition) is 3. The Kier molecular flexibility index (Phi) is 3.08. The van der Waals surface area contributed by atoms with Gasteiger partial charge in [0.05, 0.1) is 23.3 Å². The summed E-state index contributed by atoms with van der Waals surface area (Å²) in [4.78, 5) is 0.264. The second-order valence-electron chi connectivity index (χ2n) is 4.42. The molecule has 19 heavy (non-hydrogen) atoms. The molecule has 2 heterocycles. The number of benzene rings is 1. The van der Waals surface area contributed by atoms with Gasteiger partial charge in [0.15, 0.2) is 0 Å². The number of aromatic nitrogens is 2. The minimum Gasteiger partial charge on any atom is -0.281 e. The van der Waals surface area contributed by atoms with Gasteiger partial charge in [-0.1, -0.05) is 11.6 Å². The maximum absolute atomic E-state index is 12.5. The van der Waals surface area contributed by atoms with Crippen molar-refractivity contribution in [2.24, 2.45) is 0 Å². The van der Waals surface area contributed by atoms with Gasteiger partial charge in [-0.3, -0.25) is 5.10 Å². The molecule has 0 radical (unpaired) electrons. The normalized spacial score (nSPS) is 16.3. The molecular weight excluding hydrogens is 286 g/mol. The number of rotatable bonds is 2. The molecule has 1 aliphatic heterocycles. The quantitative estimate of drug-likeness (QED) is 0.919. The zero-order valence-corrected chi connectivity index (χ0v) is 11.6. The summed E-state index contributed by atoms with van der Waals surface area (Å²) in [6.07, 6.45) is 2.43. The van der Waals surface area contributed by atoms with Crippen LogP contribution in [0.2, 0.25) is 5.02 Å². The molecule has 3 rings (SSSR count). The molecule has 1 N–H and O–H groups in total. The van der Waals surface area contributed by atoms with E-state index in [1.165, 1.54) is 16.4 Å². The second kappa shape index (κ2) is 4.63. The van der Waals surface area contributed by atoms with Crippen molar-refractivity contribution in [3.8, 4) is 0 Å². The number of hydrogen-bond donors (Lipinski definition) is 1. The van der Waals surface area contributed by atoms with Gasteiger partial charge >= 0.3 is 0 Å². The van der Waals surface area contributed by atoms with Crippen LogP contribution >= 0.6 is 11.6 Å². The van der Waals surface area contributed by atoms with Crippen molar-refractivity contribution in [3.63, 3.8) is 0 Å². The molecule has 1 aliphatic rings. The first-order valence-electron chi connectivity index (χ1n) is 5.84. The molecule has 7 heteroatoms. The van der Waals surface area contributed by atoms with Crippen molar-refractivity contribution in [3.05, 3.63) is 46.7 Å². The lowest BCUT2D eigenvalue weighted by Crippen LogP contribution is -2.35. The lowest BCUT2D eigenvalue weighted by molar-refractivity contribution is 0.387. The van der Waals surface area contributed by atoms with Crippen LogP contribution < -0.4 is 0 Å². The number of nitrogens with one attached hydrogen (secondary N) is 1. The molecule has 2 aromatic rings. The summed E-state index contributed by atoms with van der Waals surface area (Å²) in [5, 5.41) is 7.31. The lowest BCUT2D eigenvalue weighted by atomic mass is 10.1. The van der Waals surface area contributed by atoms with Crippen molar-refractivity contribution < 1.29 is 8.42 Å². The predicted molar refractivity (Wildman–Crippen MR) is 71.3 cm³/mol. The second-order valence-corrected chi connectivity index (χ2v) is 6.79. The van der Waals surface area contributed by atoms with E-state index in [0.717, 1.165) is 11.3 Å². The smallest absolute Gasteiger partial charge is 0.243 e. The van der Waals surface area contributed by atoms with E-state index < -0.39 is 10.0 Å². The van der Waals surface area contributed by atoms with Crippen LogP contribution in [0.25, 0.3) is 0 Å². The number of H-pyrrole nitrogens is 1. The van der Waals surface area contributed by atoms with Crippen molar-refractivity contribution >= 4 is 21.6 Å². The van der Waals surface area contributed by atoms with Gasteiger partial charge in [0.2, 0.25) is 10.0 Å². The molecule has 0 fully saturated rings. The van der Waals surface area contributed by atoms with Crippen LogP contribution in [0.1, 0.15) is 11.3 Å². The fourth-order valence-electron chi connectivity index (χ4n) is 2.15. The van der Waals surface area contributed by atoms with Crippen molar-refractivity contribution in [1.82, 2.24) is 14.5 Å². The Bertz CT molecular complexity index is 694. The van der Waals surface area contributed by atoms with Gasteiger partial charge in [0.25, 0.3) is 0 Å². The maximum Gasteiger partial charge on any atom is 0.243 e. The number of halogens is 1. The molecule has 0 bridgehead atoms. The van der Waals surface area contributed by atoms with Gasteiger partial charge in [-0.15, -0.1) is 0 Å². The molecule has 1 aromatic carbocycles. The average molecular weight is 298 g/mol. The van der Waals surface area contributed by atoms with E-state index in [9.17, 15) is 8.42 Å². The van der Waals surface area contributed by atoms with Crippen molar-refractivity contribution in [2.75, 3.05) is 6.54 Å². The predicted octanol–water partition coefficient (Wildman–Crippen LogP) is 1.81. The van der Waals surface area contributed by atoms with E-state index in [0.29, 0.717) is 24.5 Å². The third-order valence-electron chi connectivity index (χ3n) is 3.22. The van der Waals surface area contributed by atoms with Crippen LogP contribution in [-0.2, 0) is 23.0 Å². The van der Waals surface area contributed by atoms with Gasteiger partial charge in [0, 0.05) is 11.6 Å². The Balaban J connectivity index is 1.92. The monoisotopic (exact) mass is 297 g/mol. The summed E-state index contributed by atoms with van der Waals surface area (Å²) < 4.78 is 26.4. The van der Waals surface area contributed by atoms with Crippen LogP contribution in [0.15, 0.2) is 35.4 Å². The van der Waals surface area contributed by atoms with Crippen LogP contribution in [-0.4, -0.2) is 29.5 Å².